The maximum absolute atomic E-state index is 6.76. The molecule has 2 aliphatic rings. The van der Waals surface area contributed by atoms with Gasteiger partial charge in [-0.3, -0.25) is 0 Å². The van der Waals surface area contributed by atoms with Crippen LogP contribution in [0.5, 0.6) is 0 Å². The van der Waals surface area contributed by atoms with Crippen LogP contribution in [-0.2, 0) is 9.47 Å². The first-order valence-corrected chi connectivity index (χ1v) is 17.1. The van der Waals surface area contributed by atoms with Crippen LogP contribution in [0.2, 0.25) is 0 Å². The van der Waals surface area contributed by atoms with Gasteiger partial charge in [0.25, 0.3) is 0 Å². The van der Waals surface area contributed by atoms with Crippen LogP contribution in [0.15, 0.2) is 0 Å². The summed E-state index contributed by atoms with van der Waals surface area (Å²) in [6.07, 6.45) is 37.6. The lowest BCUT2D eigenvalue weighted by atomic mass is 9.87. The number of rotatable bonds is 24. The van der Waals surface area contributed by atoms with Crippen molar-refractivity contribution in [2.24, 2.45) is 5.92 Å². The Morgan fingerprint density at radius 1 is 0.444 bits per heavy atom. The summed E-state index contributed by atoms with van der Waals surface area (Å²) < 4.78 is 13.5. The Hall–Kier alpha value is -0.0800. The second-order valence-corrected chi connectivity index (χ2v) is 12.4. The van der Waals surface area contributed by atoms with Gasteiger partial charge in [-0.1, -0.05) is 143 Å². The smallest absolute Gasteiger partial charge is 0.0632 e. The van der Waals surface area contributed by atoms with Gasteiger partial charge in [0.15, 0.2) is 0 Å². The zero-order valence-corrected chi connectivity index (χ0v) is 25.1. The average molecular weight is 507 g/mol. The lowest BCUT2D eigenvalue weighted by Crippen LogP contribution is -2.32. The Kier molecular flexibility index (Phi) is 19.5. The third-order valence-corrected chi connectivity index (χ3v) is 9.14. The van der Waals surface area contributed by atoms with E-state index in [-0.39, 0.29) is 0 Å². The molecule has 2 saturated heterocycles. The highest BCUT2D eigenvalue weighted by Gasteiger charge is 2.39. The van der Waals surface area contributed by atoms with Gasteiger partial charge in [0.2, 0.25) is 0 Å². The number of ether oxygens (including phenoxy) is 2. The molecule has 2 nitrogen and oxygen atoms in total. The Balaban J connectivity index is 1.73. The summed E-state index contributed by atoms with van der Waals surface area (Å²) >= 11 is 0. The third kappa shape index (κ3) is 14.2. The lowest BCUT2D eigenvalue weighted by Gasteiger charge is -2.29. The van der Waals surface area contributed by atoms with Gasteiger partial charge in [-0.2, -0.15) is 0 Å². The molecule has 2 fully saturated rings. The van der Waals surface area contributed by atoms with Crippen LogP contribution in [0.4, 0.5) is 0 Å². The zero-order chi connectivity index (χ0) is 25.7. The first kappa shape index (κ1) is 32.1. The molecule has 0 aromatic heterocycles. The van der Waals surface area contributed by atoms with Crippen LogP contribution in [0.1, 0.15) is 188 Å². The molecule has 4 unspecified atom stereocenters. The highest BCUT2D eigenvalue weighted by Crippen LogP contribution is 2.38. The van der Waals surface area contributed by atoms with E-state index in [2.05, 4.69) is 20.8 Å². The topological polar surface area (TPSA) is 18.5 Å². The van der Waals surface area contributed by atoms with Crippen molar-refractivity contribution in [1.82, 2.24) is 0 Å². The standard InChI is InChI=1S/C34H66O2/c1-4-7-10-13-14-15-16-19-22-25-32(33-28-26-30(35-33)23-20-17-11-8-5-2)34-29-27-31(36-34)24-21-18-12-9-6-3/h30-34H,4-29H2,1-3H3. The average Bonchev–Trinajstić information content (AvgIpc) is 3.55. The summed E-state index contributed by atoms with van der Waals surface area (Å²) in [5.74, 6) is 0.643. The van der Waals surface area contributed by atoms with Gasteiger partial charge >= 0.3 is 0 Å². The number of hydrogen-bond donors (Lipinski definition) is 0. The van der Waals surface area contributed by atoms with Crippen molar-refractivity contribution in [3.8, 4) is 0 Å². The molecule has 0 radical (unpaired) electrons. The Morgan fingerprint density at radius 2 is 0.806 bits per heavy atom. The summed E-state index contributed by atoms with van der Waals surface area (Å²) in [7, 11) is 0. The van der Waals surface area contributed by atoms with E-state index in [0.29, 0.717) is 30.3 Å². The van der Waals surface area contributed by atoms with Crippen molar-refractivity contribution in [2.45, 2.75) is 212 Å². The van der Waals surface area contributed by atoms with Crippen molar-refractivity contribution in [2.75, 3.05) is 0 Å². The molecule has 2 heterocycles. The molecule has 0 bridgehead atoms. The summed E-state index contributed by atoms with van der Waals surface area (Å²) in [5, 5.41) is 0. The molecule has 36 heavy (non-hydrogen) atoms. The Bertz CT molecular complexity index is 446. The van der Waals surface area contributed by atoms with E-state index in [1.807, 2.05) is 0 Å². The zero-order valence-electron chi connectivity index (χ0n) is 25.1. The molecule has 214 valence electrons. The molecule has 0 spiro atoms. The summed E-state index contributed by atoms with van der Waals surface area (Å²) in [6, 6.07) is 0. The van der Waals surface area contributed by atoms with Crippen LogP contribution in [0.25, 0.3) is 0 Å². The van der Waals surface area contributed by atoms with Crippen LogP contribution in [0.3, 0.4) is 0 Å². The van der Waals surface area contributed by atoms with Gasteiger partial charge < -0.3 is 9.47 Å². The molecule has 4 atom stereocenters. The van der Waals surface area contributed by atoms with Crippen molar-refractivity contribution >= 4 is 0 Å². The van der Waals surface area contributed by atoms with Gasteiger partial charge in [-0.15, -0.1) is 0 Å². The Morgan fingerprint density at radius 3 is 1.22 bits per heavy atom. The first-order chi connectivity index (χ1) is 17.8. The predicted octanol–water partition coefficient (Wildman–Crippen LogP) is 11.3. The quantitative estimate of drug-likeness (QED) is 0.121. The SMILES string of the molecule is CCCCCCCCCCCC(C1CCC(CCCCCCC)O1)C1CCC(CCCCCCC)O1. The van der Waals surface area contributed by atoms with Crippen LogP contribution in [-0.4, -0.2) is 24.4 Å². The van der Waals surface area contributed by atoms with E-state index in [4.69, 9.17) is 9.47 Å². The molecule has 0 aromatic rings. The highest BCUT2D eigenvalue weighted by atomic mass is 16.5. The van der Waals surface area contributed by atoms with Gasteiger partial charge in [-0.25, -0.2) is 0 Å². The minimum absolute atomic E-state index is 0.466. The molecule has 0 N–H and O–H groups in total. The molecule has 0 aliphatic carbocycles. The van der Waals surface area contributed by atoms with E-state index >= 15 is 0 Å². The van der Waals surface area contributed by atoms with E-state index in [9.17, 15) is 0 Å². The summed E-state index contributed by atoms with van der Waals surface area (Å²) in [4.78, 5) is 0. The molecule has 2 heteroatoms. The van der Waals surface area contributed by atoms with E-state index in [0.717, 1.165) is 0 Å². The molecule has 0 amide bonds. The van der Waals surface area contributed by atoms with Gasteiger partial charge in [0, 0.05) is 5.92 Å². The molecular weight excluding hydrogens is 440 g/mol. The summed E-state index contributed by atoms with van der Waals surface area (Å²) in [6.45, 7) is 6.92. The van der Waals surface area contributed by atoms with E-state index in [1.165, 1.54) is 167 Å². The molecule has 2 aliphatic heterocycles. The second kappa shape index (κ2) is 21.8. The molecular formula is C34H66O2. The minimum Gasteiger partial charge on any atom is -0.375 e. The largest absolute Gasteiger partial charge is 0.375 e. The fraction of sp³-hybridized carbons (Fsp3) is 1.00. The monoisotopic (exact) mass is 507 g/mol. The highest BCUT2D eigenvalue weighted by molar-refractivity contribution is 4.88. The van der Waals surface area contributed by atoms with Crippen molar-refractivity contribution in [3.05, 3.63) is 0 Å². The molecule has 0 saturated carbocycles. The normalized spacial score (nSPS) is 25.1. The van der Waals surface area contributed by atoms with Crippen LogP contribution in [0, 0.1) is 5.92 Å². The first-order valence-electron chi connectivity index (χ1n) is 17.1. The molecule has 2 rings (SSSR count). The minimum atomic E-state index is 0.466. The van der Waals surface area contributed by atoms with Crippen molar-refractivity contribution < 1.29 is 9.47 Å². The number of unbranched alkanes of at least 4 members (excludes halogenated alkanes) is 16. The Labute approximate surface area is 227 Å². The molecule has 0 aromatic carbocycles. The second-order valence-electron chi connectivity index (χ2n) is 12.4. The van der Waals surface area contributed by atoms with Gasteiger partial charge in [0.1, 0.15) is 0 Å². The van der Waals surface area contributed by atoms with E-state index < -0.39 is 0 Å². The predicted molar refractivity (Wildman–Crippen MR) is 158 cm³/mol. The van der Waals surface area contributed by atoms with Gasteiger partial charge in [0.05, 0.1) is 24.4 Å². The number of hydrogen-bond acceptors (Lipinski definition) is 2. The fourth-order valence-corrected chi connectivity index (χ4v) is 6.77. The fourth-order valence-electron chi connectivity index (χ4n) is 6.77. The lowest BCUT2D eigenvalue weighted by molar-refractivity contribution is -0.0650. The third-order valence-electron chi connectivity index (χ3n) is 9.14. The van der Waals surface area contributed by atoms with Crippen LogP contribution >= 0.6 is 0 Å². The summed E-state index contributed by atoms with van der Waals surface area (Å²) in [5.41, 5.74) is 0. The maximum Gasteiger partial charge on any atom is 0.0632 e. The maximum atomic E-state index is 6.76. The van der Waals surface area contributed by atoms with Crippen LogP contribution < -0.4 is 0 Å². The van der Waals surface area contributed by atoms with E-state index in [1.54, 1.807) is 0 Å². The van der Waals surface area contributed by atoms with Crippen molar-refractivity contribution in [3.63, 3.8) is 0 Å². The van der Waals surface area contributed by atoms with Crippen molar-refractivity contribution in [1.29, 1.82) is 0 Å². The van der Waals surface area contributed by atoms with Gasteiger partial charge in [-0.05, 0) is 44.9 Å².